The van der Waals surface area contributed by atoms with Gasteiger partial charge in [-0.2, -0.15) is 0 Å². The Kier molecular flexibility index (Phi) is 2.82. The summed E-state index contributed by atoms with van der Waals surface area (Å²) in [6, 6.07) is 0. The molecule has 1 aliphatic carbocycles. The van der Waals surface area contributed by atoms with Gasteiger partial charge in [-0.25, -0.2) is 0 Å². The summed E-state index contributed by atoms with van der Waals surface area (Å²) >= 11 is 0. The molecule has 11 heavy (non-hydrogen) atoms. The van der Waals surface area contributed by atoms with Crippen molar-refractivity contribution < 1.29 is 0 Å². The molecular formula is C11H12. The highest BCUT2D eigenvalue weighted by molar-refractivity contribution is 5.41. The molecule has 0 amide bonds. The molecule has 0 atom stereocenters. The molecular weight excluding hydrogens is 132 g/mol. The van der Waals surface area contributed by atoms with Crippen LogP contribution in [-0.2, 0) is 0 Å². The largest absolute Gasteiger partial charge is 0.115 e. The van der Waals surface area contributed by atoms with Crippen LogP contribution in [0, 0.1) is 24.7 Å². The van der Waals surface area contributed by atoms with Crippen LogP contribution in [0.25, 0.3) is 0 Å². The second-order valence-electron chi connectivity index (χ2n) is 2.81. The molecule has 0 fully saturated rings. The van der Waals surface area contributed by atoms with Crippen molar-refractivity contribution in [2.24, 2.45) is 0 Å². The number of allylic oxidation sites excluding steroid dienone is 2. The molecule has 56 valence electrons. The van der Waals surface area contributed by atoms with Crippen LogP contribution < -0.4 is 0 Å². The van der Waals surface area contributed by atoms with Crippen LogP contribution >= 0.6 is 0 Å². The van der Waals surface area contributed by atoms with Crippen molar-refractivity contribution in [3.8, 4) is 24.7 Å². The topological polar surface area (TPSA) is 0 Å². The SMILES string of the molecule is C#CC1=C(C#C)CCCCC1. The fourth-order valence-corrected chi connectivity index (χ4v) is 1.40. The molecule has 1 aliphatic rings. The first-order chi connectivity index (χ1) is 5.38. The van der Waals surface area contributed by atoms with Crippen LogP contribution in [0.1, 0.15) is 32.1 Å². The first-order valence-electron chi connectivity index (χ1n) is 4.03. The minimum atomic E-state index is 1.01. The Hall–Kier alpha value is -1.14. The van der Waals surface area contributed by atoms with E-state index in [-0.39, 0.29) is 0 Å². The van der Waals surface area contributed by atoms with E-state index in [1.807, 2.05) is 0 Å². The van der Waals surface area contributed by atoms with E-state index in [9.17, 15) is 0 Å². The highest BCUT2D eigenvalue weighted by atomic mass is 14.1. The van der Waals surface area contributed by atoms with Crippen molar-refractivity contribution in [3.05, 3.63) is 11.1 Å². The van der Waals surface area contributed by atoms with Crippen molar-refractivity contribution in [1.29, 1.82) is 0 Å². The summed E-state index contributed by atoms with van der Waals surface area (Å²) in [5.41, 5.74) is 2.12. The predicted molar refractivity (Wildman–Crippen MR) is 47.8 cm³/mol. The van der Waals surface area contributed by atoms with Crippen LogP contribution in [-0.4, -0.2) is 0 Å². The molecule has 1 rings (SSSR count). The molecule has 0 aliphatic heterocycles. The monoisotopic (exact) mass is 144 g/mol. The van der Waals surface area contributed by atoms with Crippen LogP contribution in [0.4, 0.5) is 0 Å². The van der Waals surface area contributed by atoms with Crippen molar-refractivity contribution in [1.82, 2.24) is 0 Å². The lowest BCUT2D eigenvalue weighted by Crippen LogP contribution is -1.83. The smallest absolute Gasteiger partial charge is 0.0133 e. The van der Waals surface area contributed by atoms with E-state index in [4.69, 9.17) is 12.8 Å². The zero-order valence-electron chi connectivity index (χ0n) is 6.69. The van der Waals surface area contributed by atoms with Gasteiger partial charge in [-0.05, 0) is 25.7 Å². The molecule has 0 spiro atoms. The maximum atomic E-state index is 5.34. The molecule has 0 saturated heterocycles. The Labute approximate surface area is 68.7 Å². The maximum absolute atomic E-state index is 5.34. The molecule has 0 N–H and O–H groups in total. The fraction of sp³-hybridized carbons (Fsp3) is 0.455. The van der Waals surface area contributed by atoms with Gasteiger partial charge in [0.05, 0.1) is 0 Å². The van der Waals surface area contributed by atoms with Gasteiger partial charge < -0.3 is 0 Å². The van der Waals surface area contributed by atoms with Gasteiger partial charge in [-0.3, -0.25) is 0 Å². The minimum Gasteiger partial charge on any atom is -0.115 e. The summed E-state index contributed by atoms with van der Waals surface area (Å²) in [4.78, 5) is 0. The standard InChI is InChI=1S/C11H12/c1-3-10-8-6-5-7-9-11(10)4-2/h1-2H,5-9H2. The molecule has 0 bridgehead atoms. The predicted octanol–water partition coefficient (Wildman–Crippen LogP) is 2.51. The molecule has 0 aromatic heterocycles. The lowest BCUT2D eigenvalue weighted by molar-refractivity contribution is 0.711. The fourth-order valence-electron chi connectivity index (χ4n) is 1.40. The second kappa shape index (κ2) is 3.89. The number of hydrogen-bond donors (Lipinski definition) is 0. The van der Waals surface area contributed by atoms with E-state index in [2.05, 4.69) is 11.8 Å². The van der Waals surface area contributed by atoms with Crippen LogP contribution in [0.3, 0.4) is 0 Å². The molecule has 0 unspecified atom stereocenters. The Morgan fingerprint density at radius 1 is 0.818 bits per heavy atom. The van der Waals surface area contributed by atoms with E-state index >= 15 is 0 Å². The van der Waals surface area contributed by atoms with Crippen LogP contribution in [0.2, 0.25) is 0 Å². The van der Waals surface area contributed by atoms with Crippen molar-refractivity contribution in [2.75, 3.05) is 0 Å². The average molecular weight is 144 g/mol. The van der Waals surface area contributed by atoms with Crippen LogP contribution in [0.15, 0.2) is 11.1 Å². The number of hydrogen-bond acceptors (Lipinski definition) is 0. The van der Waals surface area contributed by atoms with E-state index in [1.54, 1.807) is 0 Å². The Morgan fingerprint density at radius 3 is 1.64 bits per heavy atom. The van der Waals surface area contributed by atoms with Gasteiger partial charge in [-0.1, -0.05) is 18.3 Å². The zero-order valence-corrected chi connectivity index (χ0v) is 6.69. The Balaban J connectivity index is 2.85. The highest BCUT2D eigenvalue weighted by Gasteiger charge is 2.06. The number of terminal acetylenes is 2. The van der Waals surface area contributed by atoms with E-state index in [1.165, 1.54) is 19.3 Å². The number of rotatable bonds is 0. The molecule has 0 heteroatoms. The van der Waals surface area contributed by atoms with Gasteiger partial charge >= 0.3 is 0 Å². The molecule has 0 nitrogen and oxygen atoms in total. The van der Waals surface area contributed by atoms with Gasteiger partial charge in [0, 0.05) is 11.1 Å². The van der Waals surface area contributed by atoms with Gasteiger partial charge in [0.15, 0.2) is 0 Å². The molecule has 0 radical (unpaired) electrons. The van der Waals surface area contributed by atoms with E-state index < -0.39 is 0 Å². The molecule has 0 aromatic carbocycles. The third-order valence-electron chi connectivity index (χ3n) is 2.07. The Morgan fingerprint density at radius 2 is 1.27 bits per heavy atom. The third kappa shape index (κ3) is 1.89. The Bertz CT molecular complexity index is 216. The van der Waals surface area contributed by atoms with Gasteiger partial charge in [0.1, 0.15) is 0 Å². The molecule has 0 aromatic rings. The normalized spacial score (nSPS) is 18.4. The van der Waals surface area contributed by atoms with Crippen LogP contribution in [0.5, 0.6) is 0 Å². The maximum Gasteiger partial charge on any atom is 0.0133 e. The van der Waals surface area contributed by atoms with Gasteiger partial charge in [0.25, 0.3) is 0 Å². The molecule has 0 heterocycles. The average Bonchev–Trinajstić information content (AvgIpc) is 2.27. The summed E-state index contributed by atoms with van der Waals surface area (Å²) in [7, 11) is 0. The van der Waals surface area contributed by atoms with E-state index in [0.29, 0.717) is 0 Å². The van der Waals surface area contributed by atoms with E-state index in [0.717, 1.165) is 24.0 Å². The quantitative estimate of drug-likeness (QED) is 0.458. The lowest BCUT2D eigenvalue weighted by Gasteiger charge is -1.97. The van der Waals surface area contributed by atoms with Crippen molar-refractivity contribution >= 4 is 0 Å². The van der Waals surface area contributed by atoms with Gasteiger partial charge in [0.2, 0.25) is 0 Å². The first-order valence-corrected chi connectivity index (χ1v) is 4.03. The lowest BCUT2D eigenvalue weighted by atomic mass is 10.1. The summed E-state index contributed by atoms with van der Waals surface area (Å²) in [5.74, 6) is 5.36. The van der Waals surface area contributed by atoms with Crippen molar-refractivity contribution in [3.63, 3.8) is 0 Å². The highest BCUT2D eigenvalue weighted by Crippen LogP contribution is 2.22. The zero-order chi connectivity index (χ0) is 8.10. The third-order valence-corrected chi connectivity index (χ3v) is 2.07. The van der Waals surface area contributed by atoms with Gasteiger partial charge in [-0.15, -0.1) is 12.8 Å². The summed E-state index contributed by atoms with van der Waals surface area (Å²) in [6.45, 7) is 0. The molecule has 0 saturated carbocycles. The first kappa shape index (κ1) is 7.96. The summed E-state index contributed by atoms with van der Waals surface area (Å²) in [5, 5.41) is 0. The van der Waals surface area contributed by atoms with Crippen molar-refractivity contribution in [2.45, 2.75) is 32.1 Å². The summed E-state index contributed by atoms with van der Waals surface area (Å²) in [6.07, 6.45) is 16.3. The summed E-state index contributed by atoms with van der Waals surface area (Å²) < 4.78 is 0. The second-order valence-corrected chi connectivity index (χ2v) is 2.81. The minimum absolute atomic E-state index is 1.01.